The van der Waals surface area contributed by atoms with E-state index in [1.807, 2.05) is 6.26 Å². The van der Waals surface area contributed by atoms with E-state index in [4.69, 9.17) is 14.3 Å². The number of nitrogens with zero attached hydrogens (tertiary/aromatic N) is 1. The van der Waals surface area contributed by atoms with Crippen LogP contribution in [-0.2, 0) is 6.61 Å². The number of ether oxygens (including phenoxy) is 1. The number of benzene rings is 2. The molecule has 2 N–H and O–H groups in total. The molecule has 0 spiro atoms. The van der Waals surface area contributed by atoms with E-state index in [1.54, 1.807) is 13.0 Å². The minimum atomic E-state index is -1.08. The number of rotatable bonds is 5. The Balaban J connectivity index is 0.000000858. The number of halogens is 3. The average molecular weight is 451 g/mol. The van der Waals surface area contributed by atoms with E-state index in [0.717, 1.165) is 31.7 Å². The zero-order valence-corrected chi connectivity index (χ0v) is 18.3. The lowest BCUT2D eigenvalue weighted by Crippen LogP contribution is -2.02. The molecular weight excluding hydrogens is 425 g/mol. The van der Waals surface area contributed by atoms with E-state index >= 15 is 0 Å². The molecule has 1 aromatic heterocycles. The topological polar surface area (TPSA) is 61.3 Å². The van der Waals surface area contributed by atoms with Crippen LogP contribution in [-0.4, -0.2) is 11.2 Å². The zero-order chi connectivity index (χ0) is 22.4. The number of hydrogen-bond acceptors (Lipinski definition) is 5. The van der Waals surface area contributed by atoms with Crippen LogP contribution in [0, 0.1) is 24.4 Å². The summed E-state index contributed by atoms with van der Waals surface area (Å²) in [6.45, 7) is 1.56. The second kappa shape index (κ2) is 10.7. The maximum atomic E-state index is 14.5. The largest absolute Gasteiger partial charge is 0.483 e. The fraction of sp³-hybridized carbons (Fsp3) is 0.348. The van der Waals surface area contributed by atoms with Gasteiger partial charge in [-0.15, -0.1) is 0 Å². The van der Waals surface area contributed by atoms with Gasteiger partial charge in [0.05, 0.1) is 0 Å². The van der Waals surface area contributed by atoms with Crippen molar-refractivity contribution < 1.29 is 22.3 Å². The van der Waals surface area contributed by atoms with Gasteiger partial charge in [0.2, 0.25) is 5.82 Å². The molecule has 0 radical (unpaired) electrons. The molecule has 1 aliphatic carbocycles. The van der Waals surface area contributed by atoms with Crippen molar-refractivity contribution in [1.82, 2.24) is 4.98 Å². The molecule has 0 saturated heterocycles. The Morgan fingerprint density at radius 3 is 2.48 bits per heavy atom. The third-order valence-corrected chi connectivity index (χ3v) is 5.16. The Kier molecular flexibility index (Phi) is 8.03. The Bertz CT molecular complexity index is 1020. The smallest absolute Gasteiger partial charge is 0.201 e. The molecule has 0 atom stereocenters. The van der Waals surface area contributed by atoms with Crippen molar-refractivity contribution in [1.29, 1.82) is 0 Å². The Hall–Kier alpha value is -2.45. The predicted octanol–water partition coefficient (Wildman–Crippen LogP) is 6.53. The fourth-order valence-corrected chi connectivity index (χ4v) is 3.61. The van der Waals surface area contributed by atoms with E-state index in [9.17, 15) is 13.2 Å². The van der Waals surface area contributed by atoms with Crippen LogP contribution < -0.4 is 9.88 Å². The lowest BCUT2D eigenvalue weighted by molar-refractivity contribution is 0.281. The molecule has 1 fully saturated rings. The van der Waals surface area contributed by atoms with Crippen molar-refractivity contribution in [2.24, 2.45) is 5.14 Å². The zero-order valence-electron chi connectivity index (χ0n) is 17.5. The number of aromatic nitrogens is 1. The van der Waals surface area contributed by atoms with Gasteiger partial charge in [-0.2, -0.15) is 4.39 Å². The lowest BCUT2D eigenvalue weighted by Gasteiger charge is -2.13. The highest BCUT2D eigenvalue weighted by Gasteiger charge is 2.22. The molecule has 3 aromatic rings. The first-order chi connectivity index (χ1) is 14.9. The number of oxazole rings is 1. The first-order valence-electron chi connectivity index (χ1n) is 9.99. The van der Waals surface area contributed by atoms with Crippen molar-refractivity contribution in [3.8, 4) is 16.9 Å². The number of aryl methyl sites for hydroxylation is 1. The molecular formula is C23H25F3N2O2S. The van der Waals surface area contributed by atoms with Gasteiger partial charge in [0.15, 0.2) is 17.5 Å². The van der Waals surface area contributed by atoms with Crippen molar-refractivity contribution in [2.75, 3.05) is 6.26 Å². The van der Waals surface area contributed by atoms with Gasteiger partial charge in [-0.25, -0.2) is 13.8 Å². The maximum Gasteiger partial charge on any atom is 0.201 e. The van der Waals surface area contributed by atoms with E-state index in [1.165, 1.54) is 36.4 Å². The second-order valence-corrected chi connectivity index (χ2v) is 7.86. The minimum absolute atomic E-state index is 0.0518. The van der Waals surface area contributed by atoms with Crippen LogP contribution in [0.1, 0.15) is 48.7 Å². The highest BCUT2D eigenvalue weighted by Crippen LogP contribution is 2.36. The molecule has 1 saturated carbocycles. The lowest BCUT2D eigenvalue weighted by atomic mass is 10.0. The molecule has 8 heteroatoms. The highest BCUT2D eigenvalue weighted by atomic mass is 32.2. The number of nitrogens with two attached hydrogens (primary N) is 1. The second-order valence-electron chi connectivity index (χ2n) is 7.38. The summed E-state index contributed by atoms with van der Waals surface area (Å²) in [5.74, 6) is -1.70. The summed E-state index contributed by atoms with van der Waals surface area (Å²) in [5.41, 5.74) is 1.82. The Morgan fingerprint density at radius 2 is 1.81 bits per heavy atom. The monoisotopic (exact) mass is 450 g/mol. The molecule has 31 heavy (non-hydrogen) atoms. The van der Waals surface area contributed by atoms with Gasteiger partial charge in [0, 0.05) is 11.5 Å². The van der Waals surface area contributed by atoms with Gasteiger partial charge in [-0.1, -0.05) is 30.9 Å². The molecule has 1 heterocycles. The summed E-state index contributed by atoms with van der Waals surface area (Å²) in [7, 11) is 0. The van der Waals surface area contributed by atoms with Crippen LogP contribution in [0.4, 0.5) is 13.2 Å². The van der Waals surface area contributed by atoms with Gasteiger partial charge < -0.3 is 9.15 Å². The molecule has 0 aliphatic heterocycles. The standard InChI is InChI=1S/C22H20F3NO2.CH5NS/c1-13-10-15(6-8-18(13)23)17-7-9-19(24)20(25)21(17)27-11-16-12-28-22(26-16)14-4-2-3-5-14;1-3-2/h6-10,12,14H,2-5,11H2,1H3;2H2,1H3. The quantitative estimate of drug-likeness (QED) is 0.448. The average Bonchev–Trinajstić information content (AvgIpc) is 3.43. The SMILES string of the molecule is CSN.Cc1cc(-c2ccc(F)c(F)c2OCc2coc(C3CCCC3)n2)ccc1F. The first kappa shape index (κ1) is 23.2. The number of hydrogen-bond donors (Lipinski definition) is 1. The summed E-state index contributed by atoms with van der Waals surface area (Å²) < 4.78 is 53.0. The van der Waals surface area contributed by atoms with E-state index in [-0.39, 0.29) is 18.2 Å². The highest BCUT2D eigenvalue weighted by molar-refractivity contribution is 7.96. The summed E-state index contributed by atoms with van der Waals surface area (Å²) in [6, 6.07) is 6.83. The van der Waals surface area contributed by atoms with Crippen LogP contribution in [0.5, 0.6) is 5.75 Å². The van der Waals surface area contributed by atoms with Gasteiger partial charge >= 0.3 is 0 Å². The molecule has 0 unspecified atom stereocenters. The van der Waals surface area contributed by atoms with Crippen LogP contribution >= 0.6 is 11.9 Å². The third kappa shape index (κ3) is 5.62. The van der Waals surface area contributed by atoms with Crippen molar-refractivity contribution in [3.63, 3.8) is 0 Å². The van der Waals surface area contributed by atoms with Gasteiger partial charge in [0.1, 0.15) is 24.4 Å². The maximum absolute atomic E-state index is 14.5. The molecule has 0 bridgehead atoms. The minimum Gasteiger partial charge on any atom is -0.483 e. The van der Waals surface area contributed by atoms with Crippen LogP contribution in [0.3, 0.4) is 0 Å². The van der Waals surface area contributed by atoms with Crippen molar-refractivity contribution in [3.05, 3.63) is 71.2 Å². The van der Waals surface area contributed by atoms with Crippen molar-refractivity contribution in [2.45, 2.75) is 45.1 Å². The van der Waals surface area contributed by atoms with Gasteiger partial charge in [0.25, 0.3) is 0 Å². The third-order valence-electron chi connectivity index (χ3n) is 5.16. The van der Waals surface area contributed by atoms with E-state index in [2.05, 4.69) is 4.98 Å². The van der Waals surface area contributed by atoms with Crippen LogP contribution in [0.15, 0.2) is 41.0 Å². The molecule has 4 rings (SSSR count). The Labute approximate surface area is 184 Å². The summed E-state index contributed by atoms with van der Waals surface area (Å²) in [4.78, 5) is 4.43. The molecule has 1 aliphatic rings. The van der Waals surface area contributed by atoms with E-state index < -0.39 is 11.6 Å². The first-order valence-corrected chi connectivity index (χ1v) is 11.3. The predicted molar refractivity (Wildman–Crippen MR) is 116 cm³/mol. The molecule has 166 valence electrons. The summed E-state index contributed by atoms with van der Waals surface area (Å²) >= 11 is 1.25. The van der Waals surface area contributed by atoms with Crippen molar-refractivity contribution >= 4 is 11.9 Å². The van der Waals surface area contributed by atoms with E-state index in [0.29, 0.717) is 34.2 Å². The molecule has 2 aromatic carbocycles. The summed E-state index contributed by atoms with van der Waals surface area (Å²) in [5, 5.41) is 4.76. The fourth-order valence-electron chi connectivity index (χ4n) is 3.61. The van der Waals surface area contributed by atoms with Gasteiger partial charge in [-0.3, -0.25) is 5.14 Å². The van der Waals surface area contributed by atoms with Gasteiger partial charge in [-0.05, 0) is 61.4 Å². The normalized spacial score (nSPS) is 13.7. The van der Waals surface area contributed by atoms with Crippen LogP contribution in [0.2, 0.25) is 0 Å². The molecule has 0 amide bonds. The van der Waals surface area contributed by atoms with Crippen LogP contribution in [0.25, 0.3) is 11.1 Å². The Morgan fingerprint density at radius 1 is 1.13 bits per heavy atom. The molecule has 4 nitrogen and oxygen atoms in total. The summed E-state index contributed by atoms with van der Waals surface area (Å²) in [6.07, 6.45) is 7.73.